The molecule has 4 aromatic carbocycles. The monoisotopic (exact) mass is 866 g/mol. The summed E-state index contributed by atoms with van der Waals surface area (Å²) in [5, 5.41) is 2.39. The van der Waals surface area contributed by atoms with E-state index in [4.69, 9.17) is 21.6 Å². The number of hydrogen-bond acceptors (Lipinski definition) is 6. The number of pyridine rings is 4. The summed E-state index contributed by atoms with van der Waals surface area (Å²) < 4.78 is 16.0. The molecule has 0 aliphatic rings. The average Bonchev–Trinajstić information content (AvgIpc) is 3.27. The molecule has 0 saturated heterocycles. The molecular formula is C51H52Cl2N6OS. The molecule has 0 amide bonds. The zero-order chi connectivity index (χ0) is 41.5. The van der Waals surface area contributed by atoms with Gasteiger partial charge in [0, 0.05) is 63.1 Å². The predicted molar refractivity (Wildman–Crippen MR) is 253 cm³/mol. The van der Waals surface area contributed by atoms with Crippen molar-refractivity contribution in [2.75, 3.05) is 0 Å². The van der Waals surface area contributed by atoms with Crippen LogP contribution in [0.3, 0.4) is 0 Å². The van der Waals surface area contributed by atoms with Crippen LogP contribution >= 0.6 is 11.6 Å². The van der Waals surface area contributed by atoms with Crippen LogP contribution in [0.2, 0.25) is 5.15 Å². The van der Waals surface area contributed by atoms with E-state index in [1.54, 1.807) is 12.4 Å². The fourth-order valence-corrected chi connectivity index (χ4v) is 7.50. The lowest BCUT2D eigenvalue weighted by molar-refractivity contribution is -0.427. The van der Waals surface area contributed by atoms with Crippen LogP contribution < -0.4 is 18.1 Å². The third-order valence-electron chi connectivity index (χ3n) is 10.2. The highest BCUT2D eigenvalue weighted by atomic mass is 35.5. The summed E-state index contributed by atoms with van der Waals surface area (Å²) in [5.41, 5.74) is 17.6. The van der Waals surface area contributed by atoms with Crippen LogP contribution in [0.25, 0.3) is 66.6 Å². The maximum atomic E-state index is 12.2. The first-order valence-electron chi connectivity index (χ1n) is 19.9. The standard InChI is InChI=1S/C25H22ClN3OS.C25H25N3.CH4.ClH/c1-25(2,3)31(30)28-16-17-9-11-19(12-10-17)23-20(18-7-5-4-6-8-18)15-21-22(29-23)13-14-27-24(21)26;1-3-22(26)18-10-12-19(13-11-18)25-20(17-8-6-5-7-9-17)16-21-23(4-2)27-15-14-24(21)28-25;;/h4-16H,1-3H3;5-16,22H,3-4,26H2,1-2H3;1H4;1H. The van der Waals surface area contributed by atoms with Gasteiger partial charge in [-0.1, -0.05) is 146 Å². The molecule has 7 nitrogen and oxygen atoms in total. The number of nitrogens with zero attached hydrogens (tertiary/aromatic N) is 5. The minimum absolute atomic E-state index is 0. The van der Waals surface area contributed by atoms with Crippen molar-refractivity contribution >= 4 is 51.0 Å². The average molecular weight is 868 g/mol. The van der Waals surface area contributed by atoms with Crippen LogP contribution in [0.4, 0.5) is 0 Å². The number of benzene rings is 4. The van der Waals surface area contributed by atoms with E-state index in [1.165, 1.54) is 11.1 Å². The lowest BCUT2D eigenvalue weighted by atomic mass is 9.95. The van der Waals surface area contributed by atoms with Gasteiger partial charge in [0.05, 0.1) is 28.6 Å². The zero-order valence-corrected chi connectivity index (χ0v) is 36.8. The molecule has 8 rings (SSSR count). The Bertz CT molecular complexity index is 2710. The van der Waals surface area contributed by atoms with E-state index >= 15 is 0 Å². The number of aromatic nitrogens is 4. The molecule has 0 aliphatic carbocycles. The molecule has 0 spiro atoms. The summed E-state index contributed by atoms with van der Waals surface area (Å²) >= 11 is 5.05. The van der Waals surface area contributed by atoms with Gasteiger partial charge >= 0.3 is 0 Å². The lowest BCUT2D eigenvalue weighted by Crippen LogP contribution is -3.00. The maximum absolute atomic E-state index is 12.2. The highest BCUT2D eigenvalue weighted by Crippen LogP contribution is 2.36. The smallest absolute Gasteiger partial charge is 0.144 e. The number of quaternary nitrogens is 1. The topological polar surface area (TPSA) is 115 Å². The minimum atomic E-state index is -1.29. The molecule has 8 aromatic rings. The van der Waals surface area contributed by atoms with Gasteiger partial charge in [-0.25, -0.2) is 15.0 Å². The molecule has 4 aromatic heterocycles. The third kappa shape index (κ3) is 10.9. The largest absolute Gasteiger partial charge is 1.00 e. The molecule has 312 valence electrons. The Morgan fingerprint density at radius 2 is 1.18 bits per heavy atom. The Kier molecular flexibility index (Phi) is 15.9. The minimum Gasteiger partial charge on any atom is -1.00 e. The van der Waals surface area contributed by atoms with Gasteiger partial charge in [-0.15, -0.1) is 0 Å². The van der Waals surface area contributed by atoms with E-state index in [0.29, 0.717) is 11.2 Å². The van der Waals surface area contributed by atoms with E-state index in [1.807, 2.05) is 93.7 Å². The van der Waals surface area contributed by atoms with E-state index in [2.05, 4.69) is 101 Å². The normalized spacial score (nSPS) is 12.3. The van der Waals surface area contributed by atoms with Crippen LogP contribution in [0, 0.1) is 0 Å². The van der Waals surface area contributed by atoms with Crippen molar-refractivity contribution in [1.29, 1.82) is 0 Å². The fourth-order valence-electron chi connectivity index (χ4n) is 6.76. The summed E-state index contributed by atoms with van der Waals surface area (Å²) in [6, 6.07) is 45.7. The zero-order valence-electron chi connectivity index (χ0n) is 34.4. The van der Waals surface area contributed by atoms with Crippen molar-refractivity contribution in [2.45, 2.75) is 65.7 Å². The SMILES string of the molecule is C.CC(C)(C)[S+]([O-])N=Cc1ccc(-c2nc3ccnc(Cl)c3cc2-c2ccccc2)cc1.CCc1nccc2nc(-c3ccc(C([NH3+])CC)cc3)c(-c3ccccc3)cc12.[Cl-]. The van der Waals surface area contributed by atoms with Crippen LogP contribution in [-0.4, -0.2) is 35.5 Å². The molecule has 4 heterocycles. The van der Waals surface area contributed by atoms with E-state index in [9.17, 15) is 4.55 Å². The lowest BCUT2D eigenvalue weighted by Gasteiger charge is -2.17. The predicted octanol–water partition coefficient (Wildman–Crippen LogP) is 9.36. The summed E-state index contributed by atoms with van der Waals surface area (Å²) in [7, 11) is 0. The highest BCUT2D eigenvalue weighted by molar-refractivity contribution is 7.91. The quantitative estimate of drug-likeness (QED) is 0.0883. The first-order valence-corrected chi connectivity index (χ1v) is 21.4. The van der Waals surface area contributed by atoms with Crippen LogP contribution in [0.15, 0.2) is 150 Å². The molecule has 0 fully saturated rings. The van der Waals surface area contributed by atoms with Crippen molar-refractivity contribution in [2.24, 2.45) is 4.40 Å². The molecule has 0 radical (unpaired) electrons. The Morgan fingerprint density at radius 1 is 0.689 bits per heavy atom. The summed E-state index contributed by atoms with van der Waals surface area (Å²) in [6.45, 7) is 10.0. The fraction of sp³-hybridized carbons (Fsp3) is 0.196. The van der Waals surface area contributed by atoms with Crippen molar-refractivity contribution in [3.63, 3.8) is 0 Å². The Hall–Kier alpha value is -5.48. The van der Waals surface area contributed by atoms with Gasteiger partial charge in [-0.2, -0.15) is 0 Å². The summed E-state index contributed by atoms with van der Waals surface area (Å²) in [6.07, 6.45) is 7.11. The van der Waals surface area contributed by atoms with E-state index in [0.717, 1.165) is 85.1 Å². The molecule has 0 bridgehead atoms. The van der Waals surface area contributed by atoms with Crippen molar-refractivity contribution in [1.82, 2.24) is 19.9 Å². The molecule has 0 saturated carbocycles. The van der Waals surface area contributed by atoms with Gasteiger partial charge in [0.1, 0.15) is 27.3 Å². The first kappa shape index (κ1) is 46.6. The van der Waals surface area contributed by atoms with Crippen LogP contribution in [0.1, 0.15) is 71.3 Å². The van der Waals surface area contributed by atoms with Gasteiger partial charge in [0.25, 0.3) is 0 Å². The van der Waals surface area contributed by atoms with Gasteiger partial charge < -0.3 is 22.7 Å². The maximum Gasteiger partial charge on any atom is 0.144 e. The number of rotatable bonds is 9. The Labute approximate surface area is 374 Å². The molecule has 10 heteroatoms. The van der Waals surface area contributed by atoms with E-state index in [-0.39, 0.29) is 24.6 Å². The molecule has 0 aliphatic heterocycles. The number of hydrogen-bond donors (Lipinski definition) is 1. The van der Waals surface area contributed by atoms with Gasteiger partial charge in [-0.05, 0) is 68.1 Å². The second-order valence-corrected chi connectivity index (χ2v) is 17.6. The first-order chi connectivity index (χ1) is 28.5. The van der Waals surface area contributed by atoms with Crippen LogP contribution in [0.5, 0.6) is 0 Å². The second kappa shape index (κ2) is 20.9. The molecule has 3 N–H and O–H groups in total. The van der Waals surface area contributed by atoms with Crippen molar-refractivity contribution in [3.8, 4) is 44.8 Å². The van der Waals surface area contributed by atoms with Gasteiger partial charge in [0.2, 0.25) is 0 Å². The van der Waals surface area contributed by atoms with Crippen molar-refractivity contribution in [3.05, 3.63) is 168 Å². The second-order valence-electron chi connectivity index (χ2n) is 15.3. The molecule has 2 atom stereocenters. The summed E-state index contributed by atoms with van der Waals surface area (Å²) in [5.74, 6) is 0. The third-order valence-corrected chi connectivity index (χ3v) is 11.8. The Balaban J connectivity index is 0.000000225. The highest BCUT2D eigenvalue weighted by Gasteiger charge is 2.26. The van der Waals surface area contributed by atoms with Gasteiger partial charge in [-0.3, -0.25) is 4.98 Å². The summed E-state index contributed by atoms with van der Waals surface area (Å²) in [4.78, 5) is 18.7. The van der Waals surface area contributed by atoms with Crippen LogP contribution in [-0.2, 0) is 17.8 Å². The van der Waals surface area contributed by atoms with Gasteiger partial charge in [0.15, 0.2) is 0 Å². The molecular weight excluding hydrogens is 816 g/mol. The van der Waals surface area contributed by atoms with E-state index < -0.39 is 11.4 Å². The number of fused-ring (bicyclic) bond motifs is 2. The van der Waals surface area contributed by atoms with Crippen molar-refractivity contribution < 1.29 is 22.7 Å². The molecule has 61 heavy (non-hydrogen) atoms. The molecule has 2 unspecified atom stereocenters. The number of aryl methyl sites for hydroxylation is 1. The number of halogens is 2. The Morgan fingerprint density at radius 3 is 1.69 bits per heavy atom.